The lowest BCUT2D eigenvalue weighted by molar-refractivity contribution is -0.121. The Balaban J connectivity index is 1.37. The lowest BCUT2D eigenvalue weighted by Gasteiger charge is -2.12. The summed E-state index contributed by atoms with van der Waals surface area (Å²) in [6, 6.07) is 8.00. The first kappa shape index (κ1) is 21.2. The molecule has 32 heavy (non-hydrogen) atoms. The summed E-state index contributed by atoms with van der Waals surface area (Å²) in [6.45, 7) is 4.83. The van der Waals surface area contributed by atoms with Crippen molar-refractivity contribution in [3.05, 3.63) is 76.8 Å². The maximum absolute atomic E-state index is 12.5. The van der Waals surface area contributed by atoms with Gasteiger partial charge < -0.3 is 11.1 Å². The summed E-state index contributed by atoms with van der Waals surface area (Å²) < 4.78 is 3.35. The molecule has 0 aliphatic carbocycles. The fourth-order valence-electron chi connectivity index (χ4n) is 3.71. The van der Waals surface area contributed by atoms with Crippen molar-refractivity contribution in [1.29, 1.82) is 0 Å². The second-order valence-corrected chi connectivity index (χ2v) is 7.61. The van der Waals surface area contributed by atoms with Gasteiger partial charge in [-0.1, -0.05) is 24.3 Å². The predicted molar refractivity (Wildman–Crippen MR) is 117 cm³/mol. The van der Waals surface area contributed by atoms with E-state index in [9.17, 15) is 9.59 Å². The number of nitrogens with zero attached hydrogens (tertiary/aromatic N) is 6. The third-order valence-electron chi connectivity index (χ3n) is 5.37. The van der Waals surface area contributed by atoms with Crippen molar-refractivity contribution < 1.29 is 9.59 Å². The second-order valence-electron chi connectivity index (χ2n) is 7.61. The van der Waals surface area contributed by atoms with Gasteiger partial charge in [0.05, 0.1) is 12.7 Å². The van der Waals surface area contributed by atoms with Gasteiger partial charge in [-0.3, -0.25) is 9.59 Å². The van der Waals surface area contributed by atoms with E-state index in [0.29, 0.717) is 31.6 Å². The van der Waals surface area contributed by atoms with Crippen LogP contribution < -0.4 is 11.1 Å². The normalized spacial score (nSPS) is 11.1. The number of benzene rings is 1. The van der Waals surface area contributed by atoms with Crippen LogP contribution in [0.3, 0.4) is 0 Å². The Morgan fingerprint density at radius 1 is 1.16 bits per heavy atom. The van der Waals surface area contributed by atoms with Crippen molar-refractivity contribution in [2.45, 2.75) is 39.8 Å². The molecule has 0 unspecified atom stereocenters. The van der Waals surface area contributed by atoms with E-state index in [1.54, 1.807) is 15.5 Å². The molecule has 10 nitrogen and oxygen atoms in total. The third-order valence-corrected chi connectivity index (χ3v) is 5.37. The Hall–Kier alpha value is -4.08. The summed E-state index contributed by atoms with van der Waals surface area (Å²) in [5, 5.41) is 11.3. The van der Waals surface area contributed by atoms with Gasteiger partial charge in [0.25, 0.3) is 5.91 Å². The summed E-state index contributed by atoms with van der Waals surface area (Å²) in [5.74, 6) is -0.618. The monoisotopic (exact) mass is 432 g/mol. The van der Waals surface area contributed by atoms with Crippen LogP contribution in [-0.4, -0.2) is 41.2 Å². The van der Waals surface area contributed by atoms with Crippen LogP contribution in [0.4, 0.5) is 0 Å². The first-order valence-electron chi connectivity index (χ1n) is 10.2. The smallest absolute Gasteiger partial charge is 0.254 e. The average Bonchev–Trinajstić information content (AvgIpc) is 3.42. The molecule has 0 saturated carbocycles. The fraction of sp³-hybridized carbons (Fsp3) is 0.273. The summed E-state index contributed by atoms with van der Waals surface area (Å²) in [4.78, 5) is 32.5. The highest BCUT2D eigenvalue weighted by molar-refractivity contribution is 5.98. The van der Waals surface area contributed by atoms with Crippen molar-refractivity contribution in [3.63, 3.8) is 0 Å². The minimum absolute atomic E-state index is 0.0520. The molecule has 4 rings (SSSR count). The van der Waals surface area contributed by atoms with Gasteiger partial charge in [0.15, 0.2) is 5.65 Å². The van der Waals surface area contributed by atoms with E-state index in [0.717, 1.165) is 28.1 Å². The van der Waals surface area contributed by atoms with Gasteiger partial charge >= 0.3 is 0 Å². The van der Waals surface area contributed by atoms with E-state index >= 15 is 0 Å². The molecule has 0 radical (unpaired) electrons. The van der Waals surface area contributed by atoms with E-state index in [-0.39, 0.29) is 11.5 Å². The van der Waals surface area contributed by atoms with Gasteiger partial charge in [-0.2, -0.15) is 10.2 Å². The highest BCUT2D eigenvalue weighted by Crippen LogP contribution is 2.18. The van der Waals surface area contributed by atoms with Crippen LogP contribution in [0.1, 0.15) is 44.9 Å². The van der Waals surface area contributed by atoms with E-state index in [2.05, 4.69) is 25.5 Å². The molecule has 0 fully saturated rings. The number of amides is 2. The molecular weight excluding hydrogens is 408 g/mol. The Bertz CT molecular complexity index is 1280. The Kier molecular flexibility index (Phi) is 5.93. The zero-order valence-electron chi connectivity index (χ0n) is 17.9. The lowest BCUT2D eigenvalue weighted by atomic mass is 10.1. The summed E-state index contributed by atoms with van der Waals surface area (Å²) in [7, 11) is 0. The first-order chi connectivity index (χ1) is 15.4. The van der Waals surface area contributed by atoms with Gasteiger partial charge in [0.2, 0.25) is 5.91 Å². The Morgan fingerprint density at radius 3 is 2.72 bits per heavy atom. The highest BCUT2D eigenvalue weighted by Gasteiger charge is 2.17. The maximum atomic E-state index is 12.5. The van der Waals surface area contributed by atoms with Gasteiger partial charge in [0.1, 0.15) is 18.2 Å². The number of hydrogen-bond donors (Lipinski definition) is 2. The number of carbonyl (C=O) groups is 2. The van der Waals surface area contributed by atoms with Crippen molar-refractivity contribution >= 4 is 17.5 Å². The number of aryl methyl sites for hydroxylation is 2. The highest BCUT2D eigenvalue weighted by atomic mass is 16.1. The van der Waals surface area contributed by atoms with Gasteiger partial charge in [-0.15, -0.1) is 0 Å². The van der Waals surface area contributed by atoms with Crippen LogP contribution in [0, 0.1) is 13.8 Å². The molecule has 0 bridgehead atoms. The number of aromatic nitrogens is 6. The molecule has 3 heterocycles. The molecule has 4 aromatic rings. The van der Waals surface area contributed by atoms with E-state index < -0.39 is 5.91 Å². The molecule has 3 aromatic heterocycles. The molecule has 1 aromatic carbocycles. The first-order valence-corrected chi connectivity index (χ1v) is 10.2. The van der Waals surface area contributed by atoms with Crippen LogP contribution >= 0.6 is 0 Å². The molecule has 0 aliphatic heterocycles. The summed E-state index contributed by atoms with van der Waals surface area (Å²) >= 11 is 0. The predicted octanol–water partition coefficient (Wildman–Crippen LogP) is 1.33. The summed E-state index contributed by atoms with van der Waals surface area (Å²) in [5.41, 5.74) is 10.7. The van der Waals surface area contributed by atoms with Gasteiger partial charge in [0, 0.05) is 24.4 Å². The van der Waals surface area contributed by atoms with E-state index in [1.807, 2.05) is 38.1 Å². The topological polar surface area (TPSA) is 133 Å². The van der Waals surface area contributed by atoms with Crippen LogP contribution in [-0.2, 0) is 24.3 Å². The van der Waals surface area contributed by atoms with E-state index in [4.69, 9.17) is 5.73 Å². The van der Waals surface area contributed by atoms with Gasteiger partial charge in [-0.05, 0) is 37.0 Å². The third kappa shape index (κ3) is 4.48. The molecule has 3 N–H and O–H groups in total. The molecule has 0 atom stereocenters. The SMILES string of the molecule is Cc1nc2c(C(N)=O)cnn2c(C)c1CCC(=O)NCc1cccc(Cn2cncn2)c1. The van der Waals surface area contributed by atoms with Crippen LogP contribution in [0.2, 0.25) is 0 Å². The number of carbonyl (C=O) groups excluding carboxylic acids is 2. The summed E-state index contributed by atoms with van der Waals surface area (Å²) in [6.07, 6.45) is 5.43. The average molecular weight is 432 g/mol. The van der Waals surface area contributed by atoms with Crippen molar-refractivity contribution in [1.82, 2.24) is 34.7 Å². The minimum Gasteiger partial charge on any atom is -0.365 e. The standard InChI is InChI=1S/C22H24N8O2/c1-14-18(15(2)30-22(28-14)19(10-26-30)21(23)32)6-7-20(31)25-9-16-4-3-5-17(8-16)11-29-13-24-12-27-29/h3-5,8,10,12-13H,6-7,9,11H2,1-2H3,(H2,23,32)(H,25,31). The molecular formula is C22H24N8O2. The van der Waals surface area contributed by atoms with Crippen molar-refractivity contribution in [2.24, 2.45) is 5.73 Å². The number of nitrogens with two attached hydrogens (primary N) is 1. The van der Waals surface area contributed by atoms with Crippen molar-refractivity contribution in [2.75, 3.05) is 0 Å². The molecule has 0 aliphatic rings. The molecule has 0 spiro atoms. The van der Waals surface area contributed by atoms with Crippen molar-refractivity contribution in [3.8, 4) is 0 Å². The minimum atomic E-state index is -0.566. The van der Waals surface area contributed by atoms with Crippen LogP contribution in [0.5, 0.6) is 0 Å². The van der Waals surface area contributed by atoms with Gasteiger partial charge in [-0.25, -0.2) is 19.2 Å². The number of hydrogen-bond acceptors (Lipinski definition) is 6. The number of rotatable bonds is 8. The Labute approximate surface area is 184 Å². The van der Waals surface area contributed by atoms with E-state index in [1.165, 1.54) is 12.5 Å². The zero-order valence-corrected chi connectivity index (χ0v) is 17.9. The molecule has 0 saturated heterocycles. The molecule has 2 amide bonds. The number of nitrogens with one attached hydrogen (secondary N) is 1. The fourth-order valence-corrected chi connectivity index (χ4v) is 3.71. The molecule has 164 valence electrons. The Morgan fingerprint density at radius 2 is 1.97 bits per heavy atom. The molecule has 10 heteroatoms. The quantitative estimate of drug-likeness (QED) is 0.432. The maximum Gasteiger partial charge on any atom is 0.254 e. The van der Waals surface area contributed by atoms with Crippen LogP contribution in [0.15, 0.2) is 43.1 Å². The van der Waals surface area contributed by atoms with Crippen LogP contribution in [0.25, 0.3) is 5.65 Å². The lowest BCUT2D eigenvalue weighted by Crippen LogP contribution is -2.23. The zero-order chi connectivity index (χ0) is 22.7. The number of primary amides is 1. The second kappa shape index (κ2) is 8.96. The number of fused-ring (bicyclic) bond motifs is 1. The largest absolute Gasteiger partial charge is 0.365 e.